The summed E-state index contributed by atoms with van der Waals surface area (Å²) in [5.74, 6) is 0.544. The van der Waals surface area contributed by atoms with E-state index in [0.717, 1.165) is 28.2 Å². The molecule has 0 radical (unpaired) electrons. The Hall–Kier alpha value is -5.42. The average molecular weight is 737 g/mol. The van der Waals surface area contributed by atoms with Crippen LogP contribution in [0.15, 0.2) is 96.2 Å². The van der Waals surface area contributed by atoms with Crippen molar-refractivity contribution in [3.05, 3.63) is 125 Å². The number of fused-ring (bicyclic) bond motifs is 1. The van der Waals surface area contributed by atoms with E-state index in [9.17, 15) is 18.4 Å². The molecule has 0 spiro atoms. The third-order valence-electron chi connectivity index (χ3n) is 10.7. The van der Waals surface area contributed by atoms with E-state index in [2.05, 4.69) is 24.1 Å². The van der Waals surface area contributed by atoms with Crippen LogP contribution >= 0.6 is 0 Å². The smallest absolute Gasteiger partial charge is 0.242 e. The van der Waals surface area contributed by atoms with Gasteiger partial charge in [0.25, 0.3) is 0 Å². The van der Waals surface area contributed by atoms with E-state index in [1.807, 2.05) is 40.1 Å². The van der Waals surface area contributed by atoms with Crippen LogP contribution < -0.4 is 24.4 Å². The van der Waals surface area contributed by atoms with Gasteiger partial charge >= 0.3 is 0 Å². The summed E-state index contributed by atoms with van der Waals surface area (Å²) in [6, 6.07) is 23.3. The zero-order valence-electron chi connectivity index (χ0n) is 31.3. The number of piperazine rings is 1. The minimum absolute atomic E-state index is 0.00193. The number of carbonyl (C=O) groups is 2. The molecule has 1 N–H and O–H groups in total. The number of methoxy groups -OCH3 is 3. The molecule has 1 aliphatic carbocycles. The van der Waals surface area contributed by atoms with Gasteiger partial charge in [0.15, 0.2) is 17.3 Å². The van der Waals surface area contributed by atoms with Crippen molar-refractivity contribution >= 4 is 23.1 Å². The first-order valence-corrected chi connectivity index (χ1v) is 18.2. The Morgan fingerprint density at radius 3 is 2.00 bits per heavy atom. The van der Waals surface area contributed by atoms with E-state index in [4.69, 9.17) is 14.2 Å². The maximum Gasteiger partial charge on any atom is 0.242 e. The van der Waals surface area contributed by atoms with Gasteiger partial charge in [-0.05, 0) is 71.5 Å². The zero-order valence-corrected chi connectivity index (χ0v) is 31.3. The van der Waals surface area contributed by atoms with E-state index >= 15 is 0 Å². The maximum absolute atomic E-state index is 14.6. The summed E-state index contributed by atoms with van der Waals surface area (Å²) < 4.78 is 45.3. The molecular weight excluding hydrogens is 690 g/mol. The van der Waals surface area contributed by atoms with Crippen molar-refractivity contribution in [1.29, 1.82) is 0 Å². The van der Waals surface area contributed by atoms with E-state index in [1.54, 1.807) is 51.7 Å². The third-order valence-corrected chi connectivity index (χ3v) is 10.7. The Morgan fingerprint density at radius 1 is 0.796 bits per heavy atom. The van der Waals surface area contributed by atoms with Gasteiger partial charge in [-0.25, -0.2) is 8.78 Å². The van der Waals surface area contributed by atoms with Crippen molar-refractivity contribution in [2.75, 3.05) is 64.3 Å². The van der Waals surface area contributed by atoms with Crippen LogP contribution in [0, 0.1) is 17.0 Å². The number of carbonyl (C=O) groups excluding carboxylic acids is 2. The van der Waals surface area contributed by atoms with Gasteiger partial charge in [0.1, 0.15) is 11.6 Å². The molecule has 1 saturated heterocycles. The Kier molecular flexibility index (Phi) is 10.3. The second kappa shape index (κ2) is 15.1. The summed E-state index contributed by atoms with van der Waals surface area (Å²) in [5, 5.41) is 3.62. The number of nitrogens with zero attached hydrogens (tertiary/aromatic N) is 3. The number of para-hydroxylation sites is 2. The Labute approximate surface area is 315 Å². The highest BCUT2D eigenvalue weighted by Gasteiger charge is 2.44. The number of hydrogen-bond acceptors (Lipinski definition) is 8. The van der Waals surface area contributed by atoms with Crippen LogP contribution in [0.2, 0.25) is 0 Å². The second-order valence-electron chi connectivity index (χ2n) is 14.9. The quantitative estimate of drug-likeness (QED) is 0.189. The van der Waals surface area contributed by atoms with Crippen LogP contribution in [-0.4, -0.2) is 75.5 Å². The number of Topliss-reactive ketones (excluding diaryl/α,β-unsaturated/α-hetero) is 1. The van der Waals surface area contributed by atoms with E-state index in [0.29, 0.717) is 67.4 Å². The molecule has 2 heterocycles. The summed E-state index contributed by atoms with van der Waals surface area (Å²) in [7, 11) is 4.66. The molecule has 1 atom stereocenters. The average Bonchev–Trinajstić information content (AvgIpc) is 3.29. The SMILES string of the molecule is COc1ccc(C2C3=C(CC(C)(C)CC3=O)Nc3ccccc3N2CC(=O)N2CCN(C(c3ccc(F)cc3)c3ccc(F)cc3)CC2)c(OC)c1OC. The fraction of sp³-hybridized carbons (Fsp3) is 0.349. The van der Waals surface area contributed by atoms with Crippen molar-refractivity contribution in [2.45, 2.75) is 38.8 Å². The Morgan fingerprint density at radius 2 is 1.41 bits per heavy atom. The molecule has 1 fully saturated rings. The number of ether oxygens (including phenoxy) is 3. The first-order valence-electron chi connectivity index (χ1n) is 18.2. The van der Waals surface area contributed by atoms with Gasteiger partial charge in [0.05, 0.1) is 51.3 Å². The number of anilines is 2. The first kappa shape index (κ1) is 36.9. The van der Waals surface area contributed by atoms with Gasteiger partial charge in [-0.15, -0.1) is 0 Å². The monoisotopic (exact) mass is 736 g/mol. The lowest BCUT2D eigenvalue weighted by Gasteiger charge is -2.42. The third kappa shape index (κ3) is 7.12. The number of hydrogen-bond donors (Lipinski definition) is 1. The van der Waals surface area contributed by atoms with Crippen LogP contribution in [0.3, 0.4) is 0 Å². The molecule has 1 unspecified atom stereocenters. The predicted molar refractivity (Wildman–Crippen MR) is 204 cm³/mol. The zero-order chi connectivity index (χ0) is 38.1. The number of amides is 1. The molecule has 0 aromatic heterocycles. The largest absolute Gasteiger partial charge is 0.493 e. The molecule has 9 nitrogen and oxygen atoms in total. The highest BCUT2D eigenvalue weighted by Crippen LogP contribution is 2.52. The number of rotatable bonds is 9. The van der Waals surface area contributed by atoms with Crippen molar-refractivity contribution in [3.63, 3.8) is 0 Å². The van der Waals surface area contributed by atoms with Crippen LogP contribution in [0.1, 0.15) is 55.5 Å². The summed E-state index contributed by atoms with van der Waals surface area (Å²) in [4.78, 5) is 35.0. The van der Waals surface area contributed by atoms with Gasteiger partial charge in [-0.1, -0.05) is 50.2 Å². The molecule has 54 heavy (non-hydrogen) atoms. The summed E-state index contributed by atoms with van der Waals surface area (Å²) in [6.07, 6.45) is 0.991. The molecule has 3 aliphatic rings. The molecule has 282 valence electrons. The number of allylic oxidation sites excluding steroid dienone is 1. The van der Waals surface area contributed by atoms with Crippen molar-refractivity contribution in [3.8, 4) is 17.2 Å². The van der Waals surface area contributed by atoms with Gasteiger partial charge in [-0.3, -0.25) is 14.5 Å². The van der Waals surface area contributed by atoms with E-state index in [1.165, 1.54) is 24.3 Å². The Bertz CT molecular complexity index is 2010. The summed E-state index contributed by atoms with van der Waals surface area (Å²) in [6.45, 7) is 6.13. The minimum atomic E-state index is -0.693. The molecule has 4 aromatic carbocycles. The van der Waals surface area contributed by atoms with Crippen LogP contribution in [-0.2, 0) is 9.59 Å². The van der Waals surface area contributed by atoms with Crippen LogP contribution in [0.4, 0.5) is 20.2 Å². The molecule has 4 aromatic rings. The van der Waals surface area contributed by atoms with Gasteiger partial charge < -0.3 is 29.3 Å². The lowest BCUT2D eigenvalue weighted by molar-refractivity contribution is -0.131. The maximum atomic E-state index is 14.6. The Balaban J connectivity index is 1.24. The molecule has 11 heteroatoms. The number of nitrogens with one attached hydrogen (secondary N) is 1. The topological polar surface area (TPSA) is 83.6 Å². The minimum Gasteiger partial charge on any atom is -0.493 e. The van der Waals surface area contributed by atoms with Crippen LogP contribution in [0.5, 0.6) is 17.2 Å². The lowest BCUT2D eigenvalue weighted by Crippen LogP contribution is -2.52. The molecule has 0 saturated carbocycles. The fourth-order valence-corrected chi connectivity index (χ4v) is 8.27. The van der Waals surface area contributed by atoms with Crippen molar-refractivity contribution in [2.24, 2.45) is 5.41 Å². The lowest BCUT2D eigenvalue weighted by atomic mass is 9.73. The number of benzene rings is 4. The van der Waals surface area contributed by atoms with E-state index in [-0.39, 0.29) is 41.3 Å². The van der Waals surface area contributed by atoms with E-state index < -0.39 is 6.04 Å². The highest BCUT2D eigenvalue weighted by atomic mass is 19.1. The van der Waals surface area contributed by atoms with Crippen molar-refractivity contribution < 1.29 is 32.6 Å². The summed E-state index contributed by atoms with van der Waals surface area (Å²) in [5.41, 5.74) is 5.16. The van der Waals surface area contributed by atoms with Gasteiger partial charge in [0, 0.05) is 49.4 Å². The van der Waals surface area contributed by atoms with Crippen molar-refractivity contribution in [1.82, 2.24) is 9.80 Å². The second-order valence-corrected chi connectivity index (χ2v) is 14.9. The van der Waals surface area contributed by atoms with Gasteiger partial charge in [0.2, 0.25) is 11.7 Å². The summed E-state index contributed by atoms with van der Waals surface area (Å²) >= 11 is 0. The number of ketones is 1. The predicted octanol–water partition coefficient (Wildman–Crippen LogP) is 7.54. The normalized spacial score (nSPS) is 18.4. The van der Waals surface area contributed by atoms with Crippen LogP contribution in [0.25, 0.3) is 0 Å². The highest BCUT2D eigenvalue weighted by molar-refractivity contribution is 6.02. The van der Waals surface area contributed by atoms with Gasteiger partial charge in [-0.2, -0.15) is 0 Å². The first-order chi connectivity index (χ1) is 26.0. The molecular formula is C43H46F2N4O5. The molecule has 0 bridgehead atoms. The molecule has 2 aliphatic heterocycles. The number of halogens is 2. The fourth-order valence-electron chi connectivity index (χ4n) is 8.27. The standard InChI is InChI=1S/C43H46F2N4O5/c1-43(2)24-33-38(35(50)25-43)40(31-18-19-36(52-3)42(54-5)41(31)53-4)49(34-9-7-6-8-32(34)46-33)26-37(51)47-20-22-48(23-21-47)39(27-10-14-29(44)15-11-27)28-12-16-30(45)17-13-28/h6-19,39-40,46H,20-26H2,1-5H3. The molecule has 7 rings (SSSR count). The molecule has 1 amide bonds.